The summed E-state index contributed by atoms with van der Waals surface area (Å²) in [6.45, 7) is 2.45. The van der Waals surface area contributed by atoms with Crippen molar-refractivity contribution in [3.8, 4) is 11.5 Å². The molecular formula is C25H26N2O9. The van der Waals surface area contributed by atoms with Gasteiger partial charge < -0.3 is 28.3 Å². The van der Waals surface area contributed by atoms with Gasteiger partial charge in [0.25, 0.3) is 0 Å². The number of hydrogen-bond acceptors (Lipinski definition) is 10. The van der Waals surface area contributed by atoms with Gasteiger partial charge in [-0.1, -0.05) is 0 Å². The minimum Gasteiger partial charge on any atom is -0.502 e. The molecule has 1 unspecified atom stereocenters. The zero-order chi connectivity index (χ0) is 25.8. The van der Waals surface area contributed by atoms with Crippen molar-refractivity contribution >= 4 is 23.3 Å². The lowest BCUT2D eigenvalue weighted by Crippen LogP contribution is -2.45. The first-order valence-electron chi connectivity index (χ1n) is 11.3. The van der Waals surface area contributed by atoms with Crippen LogP contribution in [0, 0.1) is 0 Å². The fourth-order valence-corrected chi connectivity index (χ4v) is 4.20. The molecule has 1 fully saturated rings. The quantitative estimate of drug-likeness (QED) is 0.358. The second kappa shape index (κ2) is 10.6. The number of ether oxygens (including phenoxy) is 2. The molecule has 0 aliphatic carbocycles. The van der Waals surface area contributed by atoms with Gasteiger partial charge >= 0.3 is 5.97 Å². The van der Waals surface area contributed by atoms with E-state index in [9.17, 15) is 24.3 Å². The van der Waals surface area contributed by atoms with Gasteiger partial charge in [0.1, 0.15) is 17.1 Å². The fraction of sp³-hybridized carbons (Fsp3) is 0.360. The predicted octanol–water partition coefficient (Wildman–Crippen LogP) is 1.43. The zero-order valence-corrected chi connectivity index (χ0v) is 19.9. The van der Waals surface area contributed by atoms with E-state index in [1.165, 1.54) is 32.6 Å². The van der Waals surface area contributed by atoms with Crippen LogP contribution in [0.25, 0.3) is 11.0 Å². The smallest absolute Gasteiger partial charge is 0.306 e. The van der Waals surface area contributed by atoms with Gasteiger partial charge in [-0.2, -0.15) is 0 Å². The molecule has 4 rings (SSSR count). The van der Waals surface area contributed by atoms with Crippen molar-refractivity contribution in [3.05, 3.63) is 68.1 Å². The van der Waals surface area contributed by atoms with Crippen LogP contribution in [0.1, 0.15) is 29.4 Å². The third kappa shape index (κ3) is 5.10. The molecule has 1 atom stereocenters. The average molecular weight is 498 g/mol. The van der Waals surface area contributed by atoms with Crippen molar-refractivity contribution in [1.82, 2.24) is 9.80 Å². The van der Waals surface area contributed by atoms with Gasteiger partial charge in [-0.05, 0) is 18.2 Å². The summed E-state index contributed by atoms with van der Waals surface area (Å²) >= 11 is 0. The number of esters is 1. The Labute approximate surface area is 205 Å². The number of aromatic hydroxyl groups is 1. The van der Waals surface area contributed by atoms with E-state index in [0.717, 1.165) is 6.41 Å². The van der Waals surface area contributed by atoms with E-state index >= 15 is 0 Å². The highest BCUT2D eigenvalue weighted by molar-refractivity contribution is 5.79. The first kappa shape index (κ1) is 25.0. The third-order valence-electron chi connectivity index (χ3n) is 6.23. The van der Waals surface area contributed by atoms with Gasteiger partial charge in [0, 0.05) is 37.8 Å². The van der Waals surface area contributed by atoms with Crippen LogP contribution in [0.4, 0.5) is 0 Å². The van der Waals surface area contributed by atoms with Gasteiger partial charge in [0.2, 0.25) is 17.6 Å². The summed E-state index contributed by atoms with van der Waals surface area (Å²) in [5.74, 6) is -2.09. The monoisotopic (exact) mass is 498 g/mol. The number of carbonyl (C=O) groups is 2. The first-order chi connectivity index (χ1) is 17.3. The number of carbonyl (C=O) groups excluding carboxylic acids is 2. The summed E-state index contributed by atoms with van der Waals surface area (Å²) < 4.78 is 21.6. The molecule has 1 aromatic carbocycles. The molecule has 1 amide bonds. The molecule has 3 aromatic rings. The highest BCUT2D eigenvalue weighted by atomic mass is 16.5. The molecule has 0 bridgehead atoms. The second-order valence-corrected chi connectivity index (χ2v) is 8.42. The molecule has 11 nitrogen and oxygen atoms in total. The molecule has 1 aliphatic heterocycles. The van der Waals surface area contributed by atoms with Gasteiger partial charge in [0.05, 0.1) is 44.8 Å². The van der Waals surface area contributed by atoms with Crippen molar-refractivity contribution < 1.29 is 33.0 Å². The van der Waals surface area contributed by atoms with Crippen LogP contribution in [0.3, 0.4) is 0 Å². The number of rotatable bonds is 8. The molecule has 36 heavy (non-hydrogen) atoms. The minimum absolute atomic E-state index is 0.0105. The number of fused-ring (bicyclic) bond motifs is 1. The molecule has 0 spiro atoms. The molecule has 1 N–H and O–H groups in total. The Morgan fingerprint density at radius 2 is 1.92 bits per heavy atom. The lowest BCUT2D eigenvalue weighted by molar-refractivity contribution is -0.141. The Hall–Kier alpha value is -4.12. The molecule has 11 heteroatoms. The Morgan fingerprint density at radius 1 is 1.17 bits per heavy atom. The average Bonchev–Trinajstić information content (AvgIpc) is 2.90. The lowest BCUT2D eigenvalue weighted by Gasteiger charge is -2.32. The van der Waals surface area contributed by atoms with E-state index in [1.54, 1.807) is 17.0 Å². The zero-order valence-electron chi connectivity index (χ0n) is 19.9. The van der Waals surface area contributed by atoms with Crippen molar-refractivity contribution in [2.75, 3.05) is 40.4 Å². The van der Waals surface area contributed by atoms with Crippen molar-refractivity contribution in [2.45, 2.75) is 18.9 Å². The van der Waals surface area contributed by atoms with Gasteiger partial charge in [0.15, 0.2) is 11.2 Å². The van der Waals surface area contributed by atoms with Crippen LogP contribution in [-0.4, -0.2) is 67.7 Å². The van der Waals surface area contributed by atoms with E-state index < -0.39 is 28.5 Å². The predicted molar refractivity (Wildman–Crippen MR) is 127 cm³/mol. The summed E-state index contributed by atoms with van der Waals surface area (Å²) in [5.41, 5.74) is -0.868. The van der Waals surface area contributed by atoms with Crippen LogP contribution < -0.4 is 15.6 Å². The summed E-state index contributed by atoms with van der Waals surface area (Å²) in [4.78, 5) is 53.0. The molecule has 0 radical (unpaired) electrons. The van der Waals surface area contributed by atoms with Crippen LogP contribution in [0.15, 0.2) is 49.0 Å². The van der Waals surface area contributed by atoms with Gasteiger partial charge in [-0.15, -0.1) is 0 Å². The SMILES string of the molecule is COC(=O)CC(c1oc(CN2CCN(C=O)CC2)cc(=O)c1O)c1coc2ccc(OC)cc2c1=O. The standard InChI is InChI=1S/C25H26N2O9/c1-33-15-3-4-21-18(9-15)23(31)19(13-35-21)17(11-22(30)34-2)25-24(32)20(29)10-16(36-25)12-26-5-7-27(14-28)8-6-26/h3-4,9-10,13-14,17,32H,5-8,11-12H2,1-2H3. The molecule has 190 valence electrons. The summed E-state index contributed by atoms with van der Waals surface area (Å²) in [6, 6.07) is 5.90. The normalized spacial score (nSPS) is 15.0. The van der Waals surface area contributed by atoms with Crippen molar-refractivity contribution in [3.63, 3.8) is 0 Å². The maximum absolute atomic E-state index is 13.4. The number of amides is 1. The van der Waals surface area contributed by atoms with E-state index in [4.69, 9.17) is 18.3 Å². The van der Waals surface area contributed by atoms with Crippen LogP contribution >= 0.6 is 0 Å². The van der Waals surface area contributed by atoms with E-state index in [-0.39, 0.29) is 35.4 Å². The van der Waals surface area contributed by atoms with Gasteiger partial charge in [-0.25, -0.2) is 0 Å². The number of nitrogens with zero attached hydrogens (tertiary/aromatic N) is 2. The number of piperazine rings is 1. The highest BCUT2D eigenvalue weighted by Gasteiger charge is 2.30. The lowest BCUT2D eigenvalue weighted by atomic mass is 9.92. The molecule has 0 saturated carbocycles. The molecule has 1 saturated heterocycles. The Morgan fingerprint density at radius 3 is 2.58 bits per heavy atom. The van der Waals surface area contributed by atoms with Crippen LogP contribution in [0.2, 0.25) is 0 Å². The first-order valence-corrected chi connectivity index (χ1v) is 11.3. The van der Waals surface area contributed by atoms with Crippen LogP contribution in [-0.2, 0) is 20.9 Å². The number of benzene rings is 1. The number of hydrogen-bond donors (Lipinski definition) is 1. The van der Waals surface area contributed by atoms with Crippen molar-refractivity contribution in [2.24, 2.45) is 0 Å². The topological polar surface area (TPSA) is 140 Å². The molecule has 3 heterocycles. The van der Waals surface area contributed by atoms with E-state index in [0.29, 0.717) is 37.5 Å². The second-order valence-electron chi connectivity index (χ2n) is 8.42. The summed E-state index contributed by atoms with van der Waals surface area (Å²) in [6.07, 6.45) is 1.60. The maximum atomic E-state index is 13.4. The Balaban J connectivity index is 1.78. The molecule has 1 aliphatic rings. The van der Waals surface area contributed by atoms with Gasteiger partial charge in [-0.3, -0.25) is 24.1 Å². The highest BCUT2D eigenvalue weighted by Crippen LogP contribution is 2.33. The number of methoxy groups -OCH3 is 2. The van der Waals surface area contributed by atoms with E-state index in [1.807, 2.05) is 4.90 Å². The van der Waals surface area contributed by atoms with E-state index in [2.05, 4.69) is 0 Å². The van der Waals surface area contributed by atoms with Crippen molar-refractivity contribution in [1.29, 1.82) is 0 Å². The minimum atomic E-state index is -1.15. The van der Waals surface area contributed by atoms with Crippen LogP contribution in [0.5, 0.6) is 11.5 Å². The third-order valence-corrected chi connectivity index (χ3v) is 6.23. The summed E-state index contributed by atoms with van der Waals surface area (Å²) in [7, 11) is 2.66. The Kier molecular flexibility index (Phi) is 7.39. The molecular weight excluding hydrogens is 472 g/mol. The fourth-order valence-electron chi connectivity index (χ4n) is 4.20. The maximum Gasteiger partial charge on any atom is 0.306 e. The molecule has 2 aromatic heterocycles. The largest absolute Gasteiger partial charge is 0.502 e. The Bertz CT molecular complexity index is 1390. The summed E-state index contributed by atoms with van der Waals surface area (Å²) in [5, 5.41) is 10.8.